The zero-order chi connectivity index (χ0) is 12.8. The van der Waals surface area contributed by atoms with Crippen LogP contribution in [0.4, 0.5) is 0 Å². The third-order valence-corrected chi connectivity index (χ3v) is 4.70. The smallest absolute Gasteiger partial charge is 0.322 e. The van der Waals surface area contributed by atoms with Crippen molar-refractivity contribution in [1.29, 1.82) is 0 Å². The van der Waals surface area contributed by atoms with Gasteiger partial charge in [0.1, 0.15) is 4.75 Å². The highest BCUT2D eigenvalue weighted by Gasteiger charge is 2.38. The van der Waals surface area contributed by atoms with Crippen molar-refractivity contribution in [3.63, 3.8) is 0 Å². The molecule has 0 aromatic rings. The average Bonchev–Trinajstić information content (AvgIpc) is 2.19. The quantitative estimate of drug-likeness (QED) is 0.703. The van der Waals surface area contributed by atoms with Crippen LogP contribution in [0.25, 0.3) is 0 Å². The Morgan fingerprint density at radius 1 is 1.25 bits per heavy atom. The van der Waals surface area contributed by atoms with Crippen LogP contribution >= 0.6 is 11.8 Å². The van der Waals surface area contributed by atoms with E-state index in [9.17, 15) is 4.79 Å². The molecule has 0 saturated heterocycles. The molecule has 0 rings (SSSR count). The van der Waals surface area contributed by atoms with E-state index < -0.39 is 4.75 Å². The van der Waals surface area contributed by atoms with Crippen molar-refractivity contribution in [3.8, 4) is 0 Å². The first-order valence-electron chi connectivity index (χ1n) is 5.91. The van der Waals surface area contributed by atoms with Crippen LogP contribution in [0, 0.1) is 0 Å². The van der Waals surface area contributed by atoms with Gasteiger partial charge >= 0.3 is 5.97 Å². The molecule has 96 valence electrons. The number of nitrogens with two attached hydrogens (primary N) is 1. The van der Waals surface area contributed by atoms with E-state index in [1.165, 1.54) is 0 Å². The molecular weight excluding hydrogens is 222 g/mol. The zero-order valence-corrected chi connectivity index (χ0v) is 11.9. The lowest BCUT2D eigenvalue weighted by Crippen LogP contribution is -2.41. The molecule has 16 heavy (non-hydrogen) atoms. The van der Waals surface area contributed by atoms with Crippen molar-refractivity contribution < 1.29 is 9.53 Å². The molecule has 0 aliphatic rings. The van der Waals surface area contributed by atoms with Crippen LogP contribution in [0.5, 0.6) is 0 Å². The summed E-state index contributed by atoms with van der Waals surface area (Å²) < 4.78 is 4.73. The van der Waals surface area contributed by atoms with Crippen molar-refractivity contribution in [2.75, 3.05) is 12.4 Å². The Morgan fingerprint density at radius 3 is 2.06 bits per heavy atom. The number of thioether (sulfide) groups is 1. The number of carbonyl (C=O) groups excluding carboxylic acids is 1. The molecule has 2 N–H and O–H groups in total. The van der Waals surface area contributed by atoms with Crippen LogP contribution in [-0.2, 0) is 9.53 Å². The van der Waals surface area contributed by atoms with E-state index >= 15 is 0 Å². The molecule has 0 aliphatic carbocycles. The maximum Gasteiger partial charge on any atom is 0.322 e. The molecule has 0 radical (unpaired) electrons. The standard InChI is InChI=1S/C12H25NO2S/c1-6-12(7-2,10(14)15-8-3)16-9-11(4,5)13/h6-9,13H2,1-5H3. The minimum absolute atomic E-state index is 0.103. The predicted octanol–water partition coefficient (Wildman–Crippen LogP) is 2.58. The third-order valence-electron chi connectivity index (χ3n) is 2.51. The Labute approximate surface area is 103 Å². The molecule has 0 atom stereocenters. The molecule has 0 heterocycles. The van der Waals surface area contributed by atoms with Crippen molar-refractivity contribution >= 4 is 17.7 Å². The highest BCUT2D eigenvalue weighted by Crippen LogP contribution is 2.35. The SMILES string of the molecule is CCOC(=O)C(CC)(CC)SCC(C)(C)N. The second-order valence-corrected chi connectivity index (χ2v) is 6.06. The number of hydrogen-bond acceptors (Lipinski definition) is 4. The van der Waals surface area contributed by atoms with Crippen LogP contribution in [-0.4, -0.2) is 28.6 Å². The van der Waals surface area contributed by atoms with Gasteiger partial charge in [-0.25, -0.2) is 0 Å². The summed E-state index contributed by atoms with van der Waals surface area (Å²) in [6.45, 7) is 10.3. The summed E-state index contributed by atoms with van der Waals surface area (Å²) >= 11 is 1.62. The molecule has 0 bridgehead atoms. The van der Waals surface area contributed by atoms with Gasteiger partial charge in [0.15, 0.2) is 0 Å². The lowest BCUT2D eigenvalue weighted by molar-refractivity contribution is -0.146. The highest BCUT2D eigenvalue weighted by molar-refractivity contribution is 8.01. The molecule has 0 amide bonds. The van der Waals surface area contributed by atoms with Crippen LogP contribution < -0.4 is 5.73 Å². The van der Waals surface area contributed by atoms with E-state index in [1.54, 1.807) is 11.8 Å². The maximum atomic E-state index is 12.0. The minimum atomic E-state index is -0.424. The van der Waals surface area contributed by atoms with Crippen LogP contribution in [0.2, 0.25) is 0 Å². The van der Waals surface area contributed by atoms with Gasteiger partial charge in [0.2, 0.25) is 0 Å². The van der Waals surface area contributed by atoms with Gasteiger partial charge in [0.05, 0.1) is 6.61 Å². The van der Waals surface area contributed by atoms with E-state index in [1.807, 2.05) is 34.6 Å². The normalized spacial score (nSPS) is 12.6. The van der Waals surface area contributed by atoms with Gasteiger partial charge < -0.3 is 10.5 Å². The minimum Gasteiger partial charge on any atom is -0.465 e. The van der Waals surface area contributed by atoms with Crippen molar-refractivity contribution in [2.45, 2.75) is 57.7 Å². The lowest BCUT2D eigenvalue weighted by atomic mass is 10.0. The summed E-state index contributed by atoms with van der Waals surface area (Å²) in [6, 6.07) is 0. The summed E-state index contributed by atoms with van der Waals surface area (Å²) in [5.41, 5.74) is 5.70. The highest BCUT2D eigenvalue weighted by atomic mass is 32.2. The first-order valence-corrected chi connectivity index (χ1v) is 6.90. The maximum absolute atomic E-state index is 12.0. The summed E-state index contributed by atoms with van der Waals surface area (Å²) in [5, 5.41) is 0. The predicted molar refractivity (Wildman–Crippen MR) is 70.7 cm³/mol. The van der Waals surface area contributed by atoms with Gasteiger partial charge in [-0.1, -0.05) is 13.8 Å². The summed E-state index contributed by atoms with van der Waals surface area (Å²) in [5.74, 6) is 0.655. The van der Waals surface area contributed by atoms with Gasteiger partial charge in [-0.15, -0.1) is 11.8 Å². The molecule has 0 aromatic carbocycles. The van der Waals surface area contributed by atoms with Crippen molar-refractivity contribution in [1.82, 2.24) is 0 Å². The number of rotatable bonds is 7. The van der Waals surface area contributed by atoms with Crippen LogP contribution in [0.3, 0.4) is 0 Å². The molecular formula is C12H25NO2S. The Bertz CT molecular complexity index is 220. The Hall–Kier alpha value is -0.220. The van der Waals surface area contributed by atoms with E-state index in [4.69, 9.17) is 10.5 Å². The fourth-order valence-corrected chi connectivity index (χ4v) is 2.62. The van der Waals surface area contributed by atoms with Crippen LogP contribution in [0.1, 0.15) is 47.5 Å². The van der Waals surface area contributed by atoms with Crippen molar-refractivity contribution in [2.24, 2.45) is 5.73 Å². The molecule has 0 saturated carbocycles. The molecule has 0 unspecified atom stereocenters. The zero-order valence-electron chi connectivity index (χ0n) is 11.1. The lowest BCUT2D eigenvalue weighted by Gasteiger charge is -2.31. The van der Waals surface area contributed by atoms with Gasteiger partial charge in [-0.05, 0) is 33.6 Å². The second-order valence-electron chi connectivity index (χ2n) is 4.70. The van der Waals surface area contributed by atoms with E-state index in [0.29, 0.717) is 6.61 Å². The summed E-state index contributed by atoms with van der Waals surface area (Å²) in [7, 11) is 0. The first-order chi connectivity index (χ1) is 7.31. The van der Waals surface area contributed by atoms with Gasteiger partial charge in [-0.3, -0.25) is 4.79 Å². The fourth-order valence-electron chi connectivity index (χ4n) is 1.39. The Kier molecular flexibility index (Phi) is 6.41. The second kappa shape index (κ2) is 6.50. The first kappa shape index (κ1) is 15.8. The molecule has 0 spiro atoms. The number of carbonyl (C=O) groups is 1. The topological polar surface area (TPSA) is 52.3 Å². The number of esters is 1. The molecule has 0 fully saturated rings. The van der Waals surface area contributed by atoms with Crippen LogP contribution in [0.15, 0.2) is 0 Å². The van der Waals surface area contributed by atoms with Crippen molar-refractivity contribution in [3.05, 3.63) is 0 Å². The average molecular weight is 247 g/mol. The largest absolute Gasteiger partial charge is 0.465 e. The number of ether oxygens (including phenoxy) is 1. The molecule has 4 heteroatoms. The Morgan fingerprint density at radius 2 is 1.75 bits per heavy atom. The third kappa shape index (κ3) is 4.74. The van der Waals surface area contributed by atoms with Gasteiger partial charge in [0.25, 0.3) is 0 Å². The van der Waals surface area contributed by atoms with E-state index in [-0.39, 0.29) is 11.5 Å². The summed E-state index contributed by atoms with van der Waals surface area (Å²) in [6.07, 6.45) is 1.56. The van der Waals surface area contributed by atoms with Gasteiger partial charge in [-0.2, -0.15) is 0 Å². The Balaban J connectivity index is 4.62. The monoisotopic (exact) mass is 247 g/mol. The molecule has 0 aliphatic heterocycles. The number of hydrogen-bond donors (Lipinski definition) is 1. The van der Waals surface area contributed by atoms with E-state index in [0.717, 1.165) is 18.6 Å². The van der Waals surface area contributed by atoms with Gasteiger partial charge in [0, 0.05) is 11.3 Å². The molecule has 0 aromatic heterocycles. The molecule has 3 nitrogen and oxygen atoms in total. The van der Waals surface area contributed by atoms with E-state index in [2.05, 4.69) is 0 Å². The fraction of sp³-hybridized carbons (Fsp3) is 0.917. The summed E-state index contributed by atoms with van der Waals surface area (Å²) in [4.78, 5) is 12.0.